The summed E-state index contributed by atoms with van der Waals surface area (Å²) in [7, 11) is -3.26. The molecule has 0 radical (unpaired) electrons. The van der Waals surface area contributed by atoms with Crippen molar-refractivity contribution in [2.24, 2.45) is 5.92 Å². The van der Waals surface area contributed by atoms with Crippen LogP contribution in [0.5, 0.6) is 0 Å². The molecule has 2 N–H and O–H groups in total. The smallest absolute Gasteiger partial charge is 0.237 e. The molecule has 108 valence electrons. The topological polar surface area (TPSA) is 99.1 Å². The van der Waals surface area contributed by atoms with Gasteiger partial charge >= 0.3 is 0 Å². The number of hydrogen-bond acceptors (Lipinski definition) is 4. The fraction of sp³-hybridized carbons (Fsp3) is 0.385. The van der Waals surface area contributed by atoms with E-state index in [1.807, 2.05) is 36.4 Å². The lowest BCUT2D eigenvalue weighted by Gasteiger charge is -2.10. The third kappa shape index (κ3) is 6.31. The number of nitrogens with one attached hydrogen (secondary N) is 2. The molecular weight excluding hydrogens is 278 g/mol. The molecule has 0 aliphatic heterocycles. The Labute approximate surface area is 118 Å². The van der Waals surface area contributed by atoms with Gasteiger partial charge in [0.25, 0.3) is 0 Å². The number of nitriles is 1. The zero-order valence-corrected chi connectivity index (χ0v) is 12.0. The fourth-order valence-electron chi connectivity index (χ4n) is 1.59. The maximum absolute atomic E-state index is 11.8. The van der Waals surface area contributed by atoms with Crippen LogP contribution in [0, 0.1) is 17.2 Å². The highest BCUT2D eigenvalue weighted by Crippen LogP contribution is 2.07. The minimum atomic E-state index is -3.26. The Hall–Kier alpha value is -1.91. The Bertz CT molecular complexity index is 579. The minimum absolute atomic E-state index is 0.105. The Balaban J connectivity index is 2.42. The average Bonchev–Trinajstić information content (AvgIpc) is 2.41. The highest BCUT2D eigenvalue weighted by molar-refractivity contribution is 7.88. The normalized spacial score (nSPS) is 12.4. The first kappa shape index (κ1) is 16.1. The number of carbonyl (C=O) groups is 1. The van der Waals surface area contributed by atoms with Gasteiger partial charge in [0, 0.05) is 13.1 Å². The van der Waals surface area contributed by atoms with Crippen molar-refractivity contribution >= 4 is 15.9 Å². The van der Waals surface area contributed by atoms with Gasteiger partial charge < -0.3 is 5.32 Å². The Morgan fingerprint density at radius 1 is 1.30 bits per heavy atom. The van der Waals surface area contributed by atoms with E-state index in [1.165, 1.54) is 0 Å². The summed E-state index contributed by atoms with van der Waals surface area (Å²) in [6, 6.07) is 11.2. The van der Waals surface area contributed by atoms with Gasteiger partial charge in [0.2, 0.25) is 15.9 Å². The molecule has 1 rings (SSSR count). The first-order valence-corrected chi connectivity index (χ1v) is 7.97. The number of hydrogen-bond donors (Lipinski definition) is 2. The van der Waals surface area contributed by atoms with Crippen molar-refractivity contribution in [2.75, 3.05) is 19.3 Å². The quantitative estimate of drug-likeness (QED) is 0.693. The van der Waals surface area contributed by atoms with Crippen molar-refractivity contribution in [2.45, 2.75) is 6.42 Å². The molecule has 1 unspecified atom stereocenters. The van der Waals surface area contributed by atoms with Crippen LogP contribution in [0.15, 0.2) is 30.3 Å². The number of benzene rings is 1. The average molecular weight is 295 g/mol. The van der Waals surface area contributed by atoms with E-state index in [0.717, 1.165) is 11.8 Å². The lowest BCUT2D eigenvalue weighted by atomic mass is 10.00. The summed E-state index contributed by atoms with van der Waals surface area (Å²) in [5.41, 5.74) is 0.906. The third-order valence-corrected chi connectivity index (χ3v) is 3.27. The fourth-order valence-corrected chi connectivity index (χ4v) is 2.06. The number of sulfonamides is 1. The summed E-state index contributed by atoms with van der Waals surface area (Å²) >= 11 is 0. The first-order valence-electron chi connectivity index (χ1n) is 6.08. The molecule has 20 heavy (non-hydrogen) atoms. The van der Waals surface area contributed by atoms with Crippen molar-refractivity contribution < 1.29 is 13.2 Å². The Morgan fingerprint density at radius 3 is 2.50 bits per heavy atom. The van der Waals surface area contributed by atoms with E-state index in [2.05, 4.69) is 10.0 Å². The number of amides is 1. The van der Waals surface area contributed by atoms with Gasteiger partial charge in [-0.25, -0.2) is 13.1 Å². The van der Waals surface area contributed by atoms with E-state index in [9.17, 15) is 13.2 Å². The maximum Gasteiger partial charge on any atom is 0.237 e. The minimum Gasteiger partial charge on any atom is -0.354 e. The van der Waals surface area contributed by atoms with Crippen molar-refractivity contribution in [3.05, 3.63) is 35.9 Å². The summed E-state index contributed by atoms with van der Waals surface area (Å²) in [6.07, 6.45) is 1.38. The van der Waals surface area contributed by atoms with Gasteiger partial charge in [-0.2, -0.15) is 5.26 Å². The molecule has 0 saturated carbocycles. The molecule has 0 aliphatic rings. The van der Waals surface area contributed by atoms with Crippen LogP contribution in [0.2, 0.25) is 0 Å². The van der Waals surface area contributed by atoms with E-state index < -0.39 is 21.8 Å². The van der Waals surface area contributed by atoms with Crippen LogP contribution in [0.25, 0.3) is 0 Å². The summed E-state index contributed by atoms with van der Waals surface area (Å²) in [4.78, 5) is 11.8. The number of carbonyl (C=O) groups excluding carboxylic acids is 1. The van der Waals surface area contributed by atoms with Crippen molar-refractivity contribution in [1.29, 1.82) is 5.26 Å². The number of rotatable bonds is 7. The van der Waals surface area contributed by atoms with E-state index >= 15 is 0 Å². The van der Waals surface area contributed by atoms with Crippen LogP contribution in [-0.4, -0.2) is 33.7 Å². The molecule has 1 aromatic carbocycles. The highest BCUT2D eigenvalue weighted by Gasteiger charge is 2.17. The lowest BCUT2D eigenvalue weighted by molar-refractivity contribution is -0.123. The molecule has 0 aromatic heterocycles. The molecule has 7 heteroatoms. The van der Waals surface area contributed by atoms with Crippen LogP contribution in [0.1, 0.15) is 5.56 Å². The first-order chi connectivity index (χ1) is 9.42. The Morgan fingerprint density at radius 2 is 1.95 bits per heavy atom. The zero-order valence-electron chi connectivity index (χ0n) is 11.2. The molecule has 0 heterocycles. The lowest BCUT2D eigenvalue weighted by Crippen LogP contribution is -2.37. The second kappa shape index (κ2) is 7.62. The molecule has 1 atom stereocenters. The van der Waals surface area contributed by atoms with Crippen molar-refractivity contribution in [3.63, 3.8) is 0 Å². The molecule has 0 bridgehead atoms. The van der Waals surface area contributed by atoms with Gasteiger partial charge in [0.15, 0.2) is 0 Å². The summed E-state index contributed by atoms with van der Waals surface area (Å²) < 4.78 is 23.9. The van der Waals surface area contributed by atoms with Crippen LogP contribution >= 0.6 is 0 Å². The summed E-state index contributed by atoms with van der Waals surface area (Å²) in [5, 5.41) is 11.6. The van der Waals surface area contributed by atoms with E-state index in [0.29, 0.717) is 6.42 Å². The van der Waals surface area contributed by atoms with Gasteiger partial charge in [-0.1, -0.05) is 30.3 Å². The van der Waals surface area contributed by atoms with Crippen LogP contribution < -0.4 is 10.0 Å². The maximum atomic E-state index is 11.8. The SMILES string of the molecule is CS(=O)(=O)NCCNC(=O)C(C#N)Cc1ccccc1. The van der Waals surface area contributed by atoms with Gasteiger partial charge in [0.1, 0.15) is 5.92 Å². The van der Waals surface area contributed by atoms with E-state index in [1.54, 1.807) is 0 Å². The Kier molecular flexibility index (Phi) is 6.15. The second-order valence-electron chi connectivity index (χ2n) is 4.33. The predicted molar refractivity (Wildman–Crippen MR) is 75.1 cm³/mol. The highest BCUT2D eigenvalue weighted by atomic mass is 32.2. The third-order valence-electron chi connectivity index (χ3n) is 2.54. The van der Waals surface area contributed by atoms with Crippen molar-refractivity contribution in [3.8, 4) is 6.07 Å². The van der Waals surface area contributed by atoms with Gasteiger partial charge in [-0.15, -0.1) is 0 Å². The summed E-state index contributed by atoms with van der Waals surface area (Å²) in [6.45, 7) is 0.257. The molecule has 1 amide bonds. The van der Waals surface area contributed by atoms with E-state index in [-0.39, 0.29) is 13.1 Å². The van der Waals surface area contributed by atoms with Gasteiger partial charge in [-0.05, 0) is 12.0 Å². The number of nitrogens with zero attached hydrogens (tertiary/aromatic N) is 1. The monoisotopic (exact) mass is 295 g/mol. The summed E-state index contributed by atoms with van der Waals surface area (Å²) in [5.74, 6) is -1.18. The van der Waals surface area contributed by atoms with Gasteiger partial charge in [0.05, 0.1) is 12.3 Å². The molecule has 0 saturated heterocycles. The molecule has 6 nitrogen and oxygen atoms in total. The van der Waals surface area contributed by atoms with Gasteiger partial charge in [-0.3, -0.25) is 4.79 Å². The van der Waals surface area contributed by atoms with E-state index in [4.69, 9.17) is 5.26 Å². The molecule has 0 spiro atoms. The van der Waals surface area contributed by atoms with Crippen LogP contribution in [0.3, 0.4) is 0 Å². The van der Waals surface area contributed by atoms with Crippen molar-refractivity contribution in [1.82, 2.24) is 10.0 Å². The molecule has 0 aliphatic carbocycles. The largest absolute Gasteiger partial charge is 0.354 e. The molecule has 1 aromatic rings. The second-order valence-corrected chi connectivity index (χ2v) is 6.16. The predicted octanol–water partition coefficient (Wildman–Crippen LogP) is 0.0343. The van der Waals surface area contributed by atoms with Crippen LogP contribution in [-0.2, 0) is 21.2 Å². The standard InChI is InChI=1S/C13H17N3O3S/c1-20(18,19)16-8-7-15-13(17)12(10-14)9-11-5-3-2-4-6-11/h2-6,12,16H,7-9H2,1H3,(H,15,17). The zero-order chi connectivity index (χ0) is 15.0. The molecule has 0 fully saturated rings. The van der Waals surface area contributed by atoms with Crippen LogP contribution in [0.4, 0.5) is 0 Å². The molecular formula is C13H17N3O3S.